The summed E-state index contributed by atoms with van der Waals surface area (Å²) in [6.45, 7) is 1.82. The van der Waals surface area contributed by atoms with Crippen LogP contribution < -0.4 is 0 Å². The predicted molar refractivity (Wildman–Crippen MR) is 103 cm³/mol. The molecule has 4 rings (SSSR count). The van der Waals surface area contributed by atoms with E-state index in [0.717, 1.165) is 41.9 Å². The number of hydrogen-bond donors (Lipinski definition) is 1. The standard InChI is InChI=1S/C20H23N3O2S/c1-26(24,25)16-11-9-15(10-12-16)14-23-13-5-4-8-19(23)20-21-17-6-2-3-7-18(17)22-20/h2-3,6-7,9-12,19H,4-5,8,13-14H2,1H3,(H,21,22)/t19-/m0/s1. The summed E-state index contributed by atoms with van der Waals surface area (Å²) in [5, 5.41) is 0. The summed E-state index contributed by atoms with van der Waals surface area (Å²) >= 11 is 0. The van der Waals surface area contributed by atoms with Crippen LogP contribution in [-0.4, -0.2) is 36.1 Å². The van der Waals surface area contributed by atoms with E-state index in [1.807, 2.05) is 30.3 Å². The number of nitrogens with zero attached hydrogens (tertiary/aromatic N) is 2. The first-order valence-corrected chi connectivity index (χ1v) is 10.9. The van der Waals surface area contributed by atoms with Crippen LogP contribution in [0.5, 0.6) is 0 Å². The number of piperidine rings is 1. The molecule has 1 aromatic heterocycles. The van der Waals surface area contributed by atoms with Gasteiger partial charge in [-0.05, 0) is 49.2 Å². The molecule has 0 spiro atoms. The average Bonchev–Trinajstić information content (AvgIpc) is 3.06. The highest BCUT2D eigenvalue weighted by Gasteiger charge is 2.26. The second-order valence-electron chi connectivity index (χ2n) is 7.04. The van der Waals surface area contributed by atoms with Crippen molar-refractivity contribution in [2.45, 2.75) is 36.7 Å². The zero-order valence-electron chi connectivity index (χ0n) is 14.9. The Balaban J connectivity index is 1.57. The van der Waals surface area contributed by atoms with Crippen LogP contribution in [-0.2, 0) is 16.4 Å². The van der Waals surface area contributed by atoms with E-state index < -0.39 is 9.84 Å². The lowest BCUT2D eigenvalue weighted by atomic mass is 10.0. The molecule has 1 aliphatic heterocycles. The minimum absolute atomic E-state index is 0.269. The van der Waals surface area contributed by atoms with E-state index in [0.29, 0.717) is 4.90 Å². The van der Waals surface area contributed by atoms with Crippen molar-refractivity contribution in [3.63, 3.8) is 0 Å². The normalized spacial score (nSPS) is 19.0. The van der Waals surface area contributed by atoms with E-state index in [4.69, 9.17) is 4.98 Å². The van der Waals surface area contributed by atoms with Crippen molar-refractivity contribution in [3.05, 3.63) is 59.9 Å². The number of rotatable bonds is 4. The predicted octanol–water partition coefficient (Wildman–Crippen LogP) is 3.69. The number of benzene rings is 2. The molecular formula is C20H23N3O2S. The molecule has 1 fully saturated rings. The summed E-state index contributed by atoms with van der Waals surface area (Å²) in [5.74, 6) is 1.03. The van der Waals surface area contributed by atoms with Crippen LogP contribution in [0, 0.1) is 0 Å². The largest absolute Gasteiger partial charge is 0.341 e. The molecule has 3 aromatic rings. The minimum atomic E-state index is -3.15. The van der Waals surface area contributed by atoms with Gasteiger partial charge in [-0.1, -0.05) is 30.7 Å². The lowest BCUT2D eigenvalue weighted by Crippen LogP contribution is -2.33. The maximum Gasteiger partial charge on any atom is 0.175 e. The first kappa shape index (κ1) is 17.2. The van der Waals surface area contributed by atoms with Gasteiger partial charge in [0, 0.05) is 12.8 Å². The minimum Gasteiger partial charge on any atom is -0.341 e. The third-order valence-electron chi connectivity index (χ3n) is 5.07. The number of hydrogen-bond acceptors (Lipinski definition) is 4. The first-order chi connectivity index (χ1) is 12.5. The van der Waals surface area contributed by atoms with Gasteiger partial charge in [0.2, 0.25) is 0 Å². The third-order valence-corrected chi connectivity index (χ3v) is 6.20. The van der Waals surface area contributed by atoms with Crippen molar-refractivity contribution in [3.8, 4) is 0 Å². The number of likely N-dealkylation sites (tertiary alicyclic amines) is 1. The van der Waals surface area contributed by atoms with Gasteiger partial charge >= 0.3 is 0 Å². The van der Waals surface area contributed by atoms with Crippen molar-refractivity contribution < 1.29 is 8.42 Å². The molecule has 0 unspecified atom stereocenters. The molecule has 0 amide bonds. The van der Waals surface area contributed by atoms with Crippen LogP contribution in [0.1, 0.15) is 36.7 Å². The fourth-order valence-corrected chi connectivity index (χ4v) is 4.33. The van der Waals surface area contributed by atoms with Crippen LogP contribution in [0.4, 0.5) is 0 Å². The molecule has 136 valence electrons. The molecule has 26 heavy (non-hydrogen) atoms. The van der Waals surface area contributed by atoms with Gasteiger partial charge in [0.1, 0.15) is 5.82 Å². The Morgan fingerprint density at radius 2 is 1.88 bits per heavy atom. The van der Waals surface area contributed by atoms with Crippen LogP contribution in [0.3, 0.4) is 0 Å². The van der Waals surface area contributed by atoms with Crippen LogP contribution >= 0.6 is 0 Å². The zero-order chi connectivity index (χ0) is 18.1. The Bertz CT molecular complexity index is 976. The smallest absolute Gasteiger partial charge is 0.175 e. The third kappa shape index (κ3) is 3.52. The van der Waals surface area contributed by atoms with Crippen LogP contribution in [0.2, 0.25) is 0 Å². The quantitative estimate of drug-likeness (QED) is 0.762. The number of sulfone groups is 1. The molecule has 1 saturated heterocycles. The average molecular weight is 369 g/mol. The highest BCUT2D eigenvalue weighted by atomic mass is 32.2. The highest BCUT2D eigenvalue weighted by molar-refractivity contribution is 7.90. The Kier molecular flexibility index (Phi) is 4.54. The van der Waals surface area contributed by atoms with Crippen molar-refractivity contribution in [1.82, 2.24) is 14.9 Å². The molecule has 0 saturated carbocycles. The highest BCUT2D eigenvalue weighted by Crippen LogP contribution is 2.31. The number of aromatic nitrogens is 2. The van der Waals surface area contributed by atoms with Crippen LogP contribution in [0.25, 0.3) is 11.0 Å². The summed E-state index contributed by atoms with van der Waals surface area (Å²) in [6, 6.07) is 15.6. The maximum absolute atomic E-state index is 11.6. The molecule has 1 atom stereocenters. The number of imidazole rings is 1. The van der Waals surface area contributed by atoms with E-state index >= 15 is 0 Å². The molecule has 0 radical (unpaired) electrons. The Hall–Kier alpha value is -2.18. The second kappa shape index (κ2) is 6.85. The monoisotopic (exact) mass is 369 g/mol. The van der Waals surface area contributed by atoms with Gasteiger partial charge < -0.3 is 4.98 Å². The van der Waals surface area contributed by atoms with Gasteiger partial charge in [0.15, 0.2) is 9.84 Å². The molecule has 1 N–H and O–H groups in total. The van der Waals surface area contributed by atoms with Gasteiger partial charge in [0.05, 0.1) is 22.0 Å². The van der Waals surface area contributed by atoms with Gasteiger partial charge in [-0.3, -0.25) is 4.90 Å². The zero-order valence-corrected chi connectivity index (χ0v) is 15.7. The number of nitrogens with one attached hydrogen (secondary N) is 1. The Morgan fingerprint density at radius 1 is 1.12 bits per heavy atom. The number of para-hydroxylation sites is 2. The topological polar surface area (TPSA) is 66.1 Å². The van der Waals surface area contributed by atoms with E-state index in [1.54, 1.807) is 12.1 Å². The second-order valence-corrected chi connectivity index (χ2v) is 9.05. The van der Waals surface area contributed by atoms with Crippen molar-refractivity contribution in [2.75, 3.05) is 12.8 Å². The number of fused-ring (bicyclic) bond motifs is 1. The SMILES string of the molecule is CS(=O)(=O)c1ccc(CN2CCCC[C@H]2c2nc3ccccc3[nH]2)cc1. The van der Waals surface area contributed by atoms with Gasteiger partial charge in [0.25, 0.3) is 0 Å². The molecule has 0 bridgehead atoms. The van der Waals surface area contributed by atoms with Gasteiger partial charge in [-0.15, -0.1) is 0 Å². The van der Waals surface area contributed by atoms with Crippen molar-refractivity contribution >= 4 is 20.9 Å². The fraction of sp³-hybridized carbons (Fsp3) is 0.350. The molecule has 0 aliphatic carbocycles. The summed E-state index contributed by atoms with van der Waals surface area (Å²) in [4.78, 5) is 11.1. The molecule has 2 aromatic carbocycles. The summed E-state index contributed by atoms with van der Waals surface area (Å²) in [6.07, 6.45) is 4.70. The van der Waals surface area contributed by atoms with Gasteiger partial charge in [-0.25, -0.2) is 13.4 Å². The summed E-state index contributed by atoms with van der Waals surface area (Å²) in [5.41, 5.74) is 3.21. The number of aromatic amines is 1. The van der Waals surface area contributed by atoms with E-state index in [-0.39, 0.29) is 6.04 Å². The first-order valence-electron chi connectivity index (χ1n) is 8.98. The molecule has 1 aliphatic rings. The lowest BCUT2D eigenvalue weighted by molar-refractivity contribution is 0.134. The van der Waals surface area contributed by atoms with Gasteiger partial charge in [-0.2, -0.15) is 0 Å². The summed E-state index contributed by atoms with van der Waals surface area (Å²) < 4.78 is 23.3. The van der Waals surface area contributed by atoms with E-state index in [9.17, 15) is 8.42 Å². The van der Waals surface area contributed by atoms with E-state index in [1.165, 1.54) is 19.1 Å². The Labute approximate surface area is 154 Å². The lowest BCUT2D eigenvalue weighted by Gasteiger charge is -2.34. The fourth-order valence-electron chi connectivity index (χ4n) is 3.70. The van der Waals surface area contributed by atoms with Crippen molar-refractivity contribution in [2.24, 2.45) is 0 Å². The molecule has 6 heteroatoms. The molecule has 2 heterocycles. The van der Waals surface area contributed by atoms with E-state index in [2.05, 4.69) is 16.0 Å². The number of H-pyrrole nitrogens is 1. The Morgan fingerprint density at radius 3 is 2.62 bits per heavy atom. The summed E-state index contributed by atoms with van der Waals surface area (Å²) in [7, 11) is -3.15. The maximum atomic E-state index is 11.6. The molecule has 5 nitrogen and oxygen atoms in total. The van der Waals surface area contributed by atoms with Crippen LogP contribution in [0.15, 0.2) is 53.4 Å². The molecular weight excluding hydrogens is 346 g/mol. The van der Waals surface area contributed by atoms with Crippen molar-refractivity contribution in [1.29, 1.82) is 0 Å².